The van der Waals surface area contributed by atoms with Crippen LogP contribution in [0.3, 0.4) is 0 Å². The van der Waals surface area contributed by atoms with Gasteiger partial charge in [-0.05, 0) is 49.2 Å². The molecule has 0 aliphatic carbocycles. The molecule has 0 aromatic heterocycles. The summed E-state index contributed by atoms with van der Waals surface area (Å²) >= 11 is 5.95. The van der Waals surface area contributed by atoms with Gasteiger partial charge in [0.25, 0.3) is 5.91 Å². The molecule has 0 spiro atoms. The minimum Gasteiger partial charge on any atom is -0.494 e. The number of nitrogens with one attached hydrogen (secondary N) is 1. The fourth-order valence-electron chi connectivity index (χ4n) is 1.94. The van der Waals surface area contributed by atoms with E-state index in [1.54, 1.807) is 24.3 Å². The zero-order valence-electron chi connectivity index (χ0n) is 13.3. The maximum atomic E-state index is 12.0. The van der Waals surface area contributed by atoms with Crippen molar-refractivity contribution in [2.24, 2.45) is 0 Å². The van der Waals surface area contributed by atoms with Gasteiger partial charge in [0, 0.05) is 16.8 Å². The molecule has 5 heteroatoms. The fourth-order valence-corrected chi connectivity index (χ4v) is 2.05. The van der Waals surface area contributed by atoms with Gasteiger partial charge in [-0.2, -0.15) is 0 Å². The van der Waals surface area contributed by atoms with E-state index in [4.69, 9.17) is 21.1 Å². The summed E-state index contributed by atoms with van der Waals surface area (Å²) in [6, 6.07) is 12.6. The van der Waals surface area contributed by atoms with Crippen molar-refractivity contribution < 1.29 is 14.3 Å². The van der Waals surface area contributed by atoms with Crippen LogP contribution >= 0.6 is 11.6 Å². The number of ether oxygens (including phenoxy) is 2. The normalized spacial score (nSPS) is 10.2. The Hall–Kier alpha value is -2.20. The van der Waals surface area contributed by atoms with E-state index in [0.717, 1.165) is 17.7 Å². The highest BCUT2D eigenvalue weighted by atomic mass is 35.5. The molecule has 2 rings (SSSR count). The molecule has 4 nitrogen and oxygen atoms in total. The Labute approximate surface area is 141 Å². The largest absolute Gasteiger partial charge is 0.494 e. The molecule has 0 radical (unpaired) electrons. The summed E-state index contributed by atoms with van der Waals surface area (Å²) in [5.74, 6) is 1.12. The fraction of sp³-hybridized carbons (Fsp3) is 0.278. The number of halogens is 1. The zero-order chi connectivity index (χ0) is 16.7. The quantitative estimate of drug-likeness (QED) is 0.814. The lowest BCUT2D eigenvalue weighted by molar-refractivity contribution is -0.118. The standard InChI is InChI=1S/C18H20ClNO3/c1-3-9-22-15-6-4-5-14(11-15)20-18(21)12-23-16-7-8-17(19)13(2)10-16/h4-8,10-11H,3,9,12H2,1-2H3,(H,20,21). The molecule has 0 fully saturated rings. The van der Waals surface area contributed by atoms with Gasteiger partial charge < -0.3 is 14.8 Å². The summed E-state index contributed by atoms with van der Waals surface area (Å²) < 4.78 is 11.0. The number of benzene rings is 2. The first kappa shape index (κ1) is 17.2. The Bertz CT molecular complexity index is 673. The Morgan fingerprint density at radius 2 is 1.91 bits per heavy atom. The third kappa shape index (κ3) is 5.49. The van der Waals surface area contributed by atoms with Crippen molar-refractivity contribution in [3.05, 3.63) is 53.1 Å². The topological polar surface area (TPSA) is 47.6 Å². The third-order valence-corrected chi connectivity index (χ3v) is 3.51. The van der Waals surface area contributed by atoms with Crippen LogP contribution in [0.25, 0.3) is 0 Å². The smallest absolute Gasteiger partial charge is 0.262 e. The summed E-state index contributed by atoms with van der Waals surface area (Å²) in [5.41, 5.74) is 1.59. The van der Waals surface area contributed by atoms with Crippen LogP contribution in [0.4, 0.5) is 5.69 Å². The molecule has 1 N–H and O–H groups in total. The Kier molecular flexibility index (Phi) is 6.29. The average Bonchev–Trinajstić information content (AvgIpc) is 2.54. The van der Waals surface area contributed by atoms with Gasteiger partial charge in [0.1, 0.15) is 11.5 Å². The van der Waals surface area contributed by atoms with Crippen molar-refractivity contribution in [3.63, 3.8) is 0 Å². The van der Waals surface area contributed by atoms with Gasteiger partial charge in [-0.25, -0.2) is 0 Å². The van der Waals surface area contributed by atoms with E-state index < -0.39 is 0 Å². The molecular weight excluding hydrogens is 314 g/mol. The van der Waals surface area contributed by atoms with Crippen molar-refractivity contribution >= 4 is 23.2 Å². The van der Waals surface area contributed by atoms with Crippen LogP contribution in [0, 0.1) is 6.92 Å². The number of hydrogen-bond acceptors (Lipinski definition) is 3. The molecule has 122 valence electrons. The van der Waals surface area contributed by atoms with E-state index in [0.29, 0.717) is 23.1 Å². The monoisotopic (exact) mass is 333 g/mol. The summed E-state index contributed by atoms with van der Waals surface area (Å²) in [5, 5.41) is 3.46. The third-order valence-electron chi connectivity index (χ3n) is 3.09. The lowest BCUT2D eigenvalue weighted by atomic mass is 10.2. The molecule has 0 atom stereocenters. The van der Waals surface area contributed by atoms with E-state index in [1.807, 2.05) is 32.0 Å². The van der Waals surface area contributed by atoms with Gasteiger partial charge in [0.05, 0.1) is 6.61 Å². The predicted molar refractivity (Wildman–Crippen MR) is 92.5 cm³/mol. The first-order valence-electron chi connectivity index (χ1n) is 7.50. The first-order valence-corrected chi connectivity index (χ1v) is 7.88. The molecule has 1 amide bonds. The van der Waals surface area contributed by atoms with E-state index >= 15 is 0 Å². The van der Waals surface area contributed by atoms with Crippen molar-refractivity contribution in [1.82, 2.24) is 0 Å². The van der Waals surface area contributed by atoms with Crippen molar-refractivity contribution in [1.29, 1.82) is 0 Å². The van der Waals surface area contributed by atoms with E-state index in [-0.39, 0.29) is 12.5 Å². The number of carbonyl (C=O) groups excluding carboxylic acids is 1. The lowest BCUT2D eigenvalue weighted by Gasteiger charge is -2.10. The molecule has 0 heterocycles. The van der Waals surface area contributed by atoms with Crippen LogP contribution < -0.4 is 14.8 Å². The average molecular weight is 334 g/mol. The molecular formula is C18H20ClNO3. The van der Waals surface area contributed by atoms with Crippen molar-refractivity contribution in [2.75, 3.05) is 18.5 Å². The second-order valence-corrected chi connectivity index (χ2v) is 5.53. The van der Waals surface area contributed by atoms with Crippen LogP contribution in [-0.4, -0.2) is 19.1 Å². The van der Waals surface area contributed by atoms with Gasteiger partial charge >= 0.3 is 0 Å². The number of hydrogen-bond donors (Lipinski definition) is 1. The SMILES string of the molecule is CCCOc1cccc(NC(=O)COc2ccc(Cl)c(C)c2)c1. The van der Waals surface area contributed by atoms with E-state index in [2.05, 4.69) is 5.32 Å². The predicted octanol–water partition coefficient (Wildman–Crippen LogP) is 4.45. The van der Waals surface area contributed by atoms with Gasteiger partial charge in [-0.15, -0.1) is 0 Å². The molecule has 0 aliphatic rings. The van der Waals surface area contributed by atoms with Crippen LogP contribution in [0.2, 0.25) is 5.02 Å². The van der Waals surface area contributed by atoms with E-state index in [9.17, 15) is 4.79 Å². The molecule has 2 aromatic carbocycles. The minimum absolute atomic E-state index is 0.0683. The molecule has 0 unspecified atom stereocenters. The summed E-state index contributed by atoms with van der Waals surface area (Å²) in [7, 11) is 0. The van der Waals surface area contributed by atoms with Crippen LogP contribution in [0.1, 0.15) is 18.9 Å². The Balaban J connectivity index is 1.88. The molecule has 0 saturated carbocycles. The number of rotatable bonds is 7. The van der Waals surface area contributed by atoms with Crippen LogP contribution in [0.15, 0.2) is 42.5 Å². The molecule has 0 saturated heterocycles. The van der Waals surface area contributed by atoms with Crippen LogP contribution in [0.5, 0.6) is 11.5 Å². The first-order chi connectivity index (χ1) is 11.1. The van der Waals surface area contributed by atoms with Gasteiger partial charge in [-0.1, -0.05) is 24.6 Å². The molecule has 0 bridgehead atoms. The molecule has 23 heavy (non-hydrogen) atoms. The van der Waals surface area contributed by atoms with Gasteiger partial charge in [-0.3, -0.25) is 4.79 Å². The van der Waals surface area contributed by atoms with Crippen LogP contribution in [-0.2, 0) is 4.79 Å². The van der Waals surface area contributed by atoms with E-state index in [1.165, 1.54) is 0 Å². The Morgan fingerprint density at radius 3 is 2.65 bits per heavy atom. The number of aryl methyl sites for hydroxylation is 1. The number of carbonyl (C=O) groups is 1. The lowest BCUT2D eigenvalue weighted by Crippen LogP contribution is -2.20. The molecule has 2 aromatic rings. The zero-order valence-corrected chi connectivity index (χ0v) is 14.0. The maximum Gasteiger partial charge on any atom is 0.262 e. The highest BCUT2D eigenvalue weighted by Gasteiger charge is 2.06. The number of anilines is 1. The second-order valence-electron chi connectivity index (χ2n) is 5.12. The van der Waals surface area contributed by atoms with Crippen molar-refractivity contribution in [3.8, 4) is 11.5 Å². The highest BCUT2D eigenvalue weighted by Crippen LogP contribution is 2.21. The van der Waals surface area contributed by atoms with Gasteiger partial charge in [0.2, 0.25) is 0 Å². The van der Waals surface area contributed by atoms with Gasteiger partial charge in [0.15, 0.2) is 6.61 Å². The summed E-state index contributed by atoms with van der Waals surface area (Å²) in [4.78, 5) is 12.0. The second kappa shape index (κ2) is 8.44. The Morgan fingerprint density at radius 1 is 1.13 bits per heavy atom. The summed E-state index contributed by atoms with van der Waals surface area (Å²) in [6.07, 6.45) is 0.935. The van der Waals surface area contributed by atoms with Crippen molar-refractivity contribution in [2.45, 2.75) is 20.3 Å². The highest BCUT2D eigenvalue weighted by molar-refractivity contribution is 6.31. The minimum atomic E-state index is -0.231. The molecule has 0 aliphatic heterocycles. The number of amides is 1. The maximum absolute atomic E-state index is 12.0. The summed E-state index contributed by atoms with van der Waals surface area (Å²) in [6.45, 7) is 4.51.